The number of aromatic nitrogens is 2. The highest BCUT2D eigenvalue weighted by atomic mass is 15.2. The summed E-state index contributed by atoms with van der Waals surface area (Å²) >= 11 is 0. The summed E-state index contributed by atoms with van der Waals surface area (Å²) in [6, 6.07) is 8.91. The van der Waals surface area contributed by atoms with Crippen LogP contribution in [0.3, 0.4) is 0 Å². The Morgan fingerprint density at radius 1 is 1.26 bits per heavy atom. The fourth-order valence-electron chi connectivity index (χ4n) is 2.42. The van der Waals surface area contributed by atoms with E-state index in [1.165, 1.54) is 16.7 Å². The molecule has 3 nitrogen and oxygen atoms in total. The second-order valence-corrected chi connectivity index (χ2v) is 4.89. The first-order valence-electron chi connectivity index (χ1n) is 7.06. The van der Waals surface area contributed by atoms with Crippen molar-refractivity contribution in [2.75, 3.05) is 6.54 Å². The highest BCUT2D eigenvalue weighted by Crippen LogP contribution is 2.25. The van der Waals surface area contributed by atoms with Crippen molar-refractivity contribution < 1.29 is 0 Å². The maximum absolute atomic E-state index is 4.30. The van der Waals surface area contributed by atoms with Crippen molar-refractivity contribution in [2.24, 2.45) is 7.05 Å². The normalized spacial score (nSPS) is 12.6. The molecule has 19 heavy (non-hydrogen) atoms. The smallest absolute Gasteiger partial charge is 0.0610 e. The summed E-state index contributed by atoms with van der Waals surface area (Å²) in [7, 11) is 1.96. The molecular weight excluding hydrogens is 234 g/mol. The van der Waals surface area contributed by atoms with E-state index in [1.807, 2.05) is 17.9 Å². The highest BCUT2D eigenvalue weighted by Gasteiger charge is 2.17. The molecule has 2 rings (SSSR count). The van der Waals surface area contributed by atoms with E-state index < -0.39 is 0 Å². The van der Waals surface area contributed by atoms with Crippen molar-refractivity contribution in [3.05, 3.63) is 53.3 Å². The molecule has 1 atom stereocenters. The van der Waals surface area contributed by atoms with Gasteiger partial charge < -0.3 is 5.32 Å². The summed E-state index contributed by atoms with van der Waals surface area (Å²) in [6.07, 6.45) is 6.24. The molecule has 0 aliphatic carbocycles. The number of nitrogens with zero attached hydrogens (tertiary/aromatic N) is 2. The standard InChI is InChI=1S/C16H23N3/c1-4-10-17-16(14-11-18-19(3)12-14)15-9-7-6-8-13(15)5-2/h6-9,11-12,16-17H,4-5,10H2,1-3H3. The maximum Gasteiger partial charge on any atom is 0.0610 e. The lowest BCUT2D eigenvalue weighted by molar-refractivity contribution is 0.594. The van der Waals surface area contributed by atoms with Crippen molar-refractivity contribution in [3.8, 4) is 0 Å². The number of nitrogens with one attached hydrogen (secondary N) is 1. The van der Waals surface area contributed by atoms with Crippen LogP contribution in [0.2, 0.25) is 0 Å². The third-order valence-corrected chi connectivity index (χ3v) is 3.40. The summed E-state index contributed by atoms with van der Waals surface area (Å²) < 4.78 is 1.87. The summed E-state index contributed by atoms with van der Waals surface area (Å²) in [4.78, 5) is 0. The predicted molar refractivity (Wildman–Crippen MR) is 79.2 cm³/mol. The van der Waals surface area contributed by atoms with Gasteiger partial charge in [0.2, 0.25) is 0 Å². The van der Waals surface area contributed by atoms with E-state index in [1.54, 1.807) is 0 Å². The molecule has 0 saturated carbocycles. The first kappa shape index (κ1) is 13.8. The van der Waals surface area contributed by atoms with Gasteiger partial charge >= 0.3 is 0 Å². The predicted octanol–water partition coefficient (Wildman–Crippen LogP) is 3.07. The molecule has 1 heterocycles. The highest BCUT2D eigenvalue weighted by molar-refractivity contribution is 5.36. The van der Waals surface area contributed by atoms with Gasteiger partial charge in [0, 0.05) is 18.8 Å². The van der Waals surface area contributed by atoms with E-state index in [4.69, 9.17) is 0 Å². The minimum atomic E-state index is 0.241. The zero-order valence-electron chi connectivity index (χ0n) is 12.1. The third kappa shape index (κ3) is 3.24. The Morgan fingerprint density at radius 2 is 2.05 bits per heavy atom. The molecule has 0 aliphatic heterocycles. The zero-order valence-corrected chi connectivity index (χ0v) is 12.1. The first-order valence-corrected chi connectivity index (χ1v) is 7.06. The van der Waals surface area contributed by atoms with Crippen LogP contribution in [-0.2, 0) is 13.5 Å². The molecule has 0 saturated heterocycles. The molecule has 1 aromatic carbocycles. The number of rotatable bonds is 6. The molecule has 1 N–H and O–H groups in total. The third-order valence-electron chi connectivity index (χ3n) is 3.40. The fraction of sp³-hybridized carbons (Fsp3) is 0.438. The van der Waals surface area contributed by atoms with Gasteiger partial charge in [0.1, 0.15) is 0 Å². The summed E-state index contributed by atoms with van der Waals surface area (Å²) in [5, 5.41) is 7.94. The van der Waals surface area contributed by atoms with E-state index in [0.29, 0.717) is 0 Å². The summed E-state index contributed by atoms with van der Waals surface area (Å²) in [5.41, 5.74) is 4.00. The lowest BCUT2D eigenvalue weighted by Gasteiger charge is -2.20. The Kier molecular flexibility index (Phi) is 4.74. The van der Waals surface area contributed by atoms with E-state index in [0.717, 1.165) is 19.4 Å². The first-order chi connectivity index (χ1) is 9.26. The Morgan fingerprint density at radius 3 is 2.68 bits per heavy atom. The lowest BCUT2D eigenvalue weighted by Crippen LogP contribution is -2.24. The number of benzene rings is 1. The van der Waals surface area contributed by atoms with Gasteiger partial charge in [0.05, 0.1) is 12.2 Å². The van der Waals surface area contributed by atoms with Crippen LogP contribution >= 0.6 is 0 Å². The van der Waals surface area contributed by atoms with Crippen LogP contribution in [0.5, 0.6) is 0 Å². The zero-order chi connectivity index (χ0) is 13.7. The van der Waals surface area contributed by atoms with E-state index in [2.05, 4.69) is 54.7 Å². The molecule has 1 aromatic heterocycles. The van der Waals surface area contributed by atoms with Gasteiger partial charge in [0.25, 0.3) is 0 Å². The van der Waals surface area contributed by atoms with Crippen LogP contribution in [0, 0.1) is 0 Å². The largest absolute Gasteiger partial charge is 0.306 e. The van der Waals surface area contributed by atoms with Crippen molar-refractivity contribution in [3.63, 3.8) is 0 Å². The van der Waals surface area contributed by atoms with Crippen LogP contribution in [0.25, 0.3) is 0 Å². The average molecular weight is 257 g/mol. The number of aryl methyl sites for hydroxylation is 2. The molecule has 2 aromatic rings. The van der Waals surface area contributed by atoms with Gasteiger partial charge in [-0.15, -0.1) is 0 Å². The second-order valence-electron chi connectivity index (χ2n) is 4.89. The fourth-order valence-corrected chi connectivity index (χ4v) is 2.42. The Labute approximate surface area is 115 Å². The van der Waals surface area contributed by atoms with Gasteiger partial charge in [-0.2, -0.15) is 5.10 Å². The maximum atomic E-state index is 4.30. The second kappa shape index (κ2) is 6.53. The van der Waals surface area contributed by atoms with E-state index >= 15 is 0 Å². The minimum absolute atomic E-state index is 0.241. The van der Waals surface area contributed by atoms with E-state index in [-0.39, 0.29) is 6.04 Å². The van der Waals surface area contributed by atoms with Crippen molar-refractivity contribution in [2.45, 2.75) is 32.7 Å². The lowest BCUT2D eigenvalue weighted by atomic mass is 9.95. The molecule has 0 spiro atoms. The minimum Gasteiger partial charge on any atom is -0.306 e. The van der Waals surface area contributed by atoms with Gasteiger partial charge in [0.15, 0.2) is 0 Å². The molecule has 0 fully saturated rings. The van der Waals surface area contributed by atoms with Gasteiger partial charge in [-0.3, -0.25) is 4.68 Å². The van der Waals surface area contributed by atoms with Crippen LogP contribution in [-0.4, -0.2) is 16.3 Å². The monoisotopic (exact) mass is 257 g/mol. The molecule has 0 bridgehead atoms. The van der Waals surface area contributed by atoms with Gasteiger partial charge in [-0.05, 0) is 30.5 Å². The number of hydrogen-bond acceptors (Lipinski definition) is 2. The van der Waals surface area contributed by atoms with Crippen molar-refractivity contribution in [1.29, 1.82) is 0 Å². The summed E-state index contributed by atoms with van der Waals surface area (Å²) in [5.74, 6) is 0. The average Bonchev–Trinajstić information content (AvgIpc) is 2.86. The summed E-state index contributed by atoms with van der Waals surface area (Å²) in [6.45, 7) is 5.41. The van der Waals surface area contributed by atoms with Crippen LogP contribution in [0.15, 0.2) is 36.7 Å². The van der Waals surface area contributed by atoms with Crippen LogP contribution in [0.1, 0.15) is 43.0 Å². The van der Waals surface area contributed by atoms with Crippen LogP contribution < -0.4 is 5.32 Å². The molecule has 0 amide bonds. The molecule has 102 valence electrons. The van der Waals surface area contributed by atoms with Crippen molar-refractivity contribution in [1.82, 2.24) is 15.1 Å². The number of hydrogen-bond donors (Lipinski definition) is 1. The van der Waals surface area contributed by atoms with E-state index in [9.17, 15) is 0 Å². The van der Waals surface area contributed by atoms with Crippen molar-refractivity contribution >= 4 is 0 Å². The molecule has 0 radical (unpaired) electrons. The SMILES string of the molecule is CCCNC(c1cnn(C)c1)c1ccccc1CC. The molecular formula is C16H23N3. The molecule has 3 heteroatoms. The van der Waals surface area contributed by atoms with Crippen LogP contribution in [0.4, 0.5) is 0 Å². The van der Waals surface area contributed by atoms with Gasteiger partial charge in [-0.1, -0.05) is 38.1 Å². The quantitative estimate of drug-likeness (QED) is 0.862. The molecule has 0 aliphatic rings. The Bertz CT molecular complexity index is 516. The molecule has 1 unspecified atom stereocenters. The Balaban J connectivity index is 2.36. The topological polar surface area (TPSA) is 29.9 Å². The van der Waals surface area contributed by atoms with Gasteiger partial charge in [-0.25, -0.2) is 0 Å². The Hall–Kier alpha value is -1.61.